The third kappa shape index (κ3) is 3.87. The Hall–Kier alpha value is -1.73. The first-order valence-corrected chi connectivity index (χ1v) is 4.93. The van der Waals surface area contributed by atoms with Crippen LogP contribution >= 0.6 is 0 Å². The van der Waals surface area contributed by atoms with Crippen molar-refractivity contribution in [2.24, 2.45) is 0 Å². The maximum absolute atomic E-state index is 12.6. The van der Waals surface area contributed by atoms with Crippen LogP contribution in [0.5, 0.6) is 0 Å². The molecule has 0 aliphatic carbocycles. The van der Waals surface area contributed by atoms with Gasteiger partial charge in [0.1, 0.15) is 0 Å². The van der Waals surface area contributed by atoms with Crippen molar-refractivity contribution in [1.82, 2.24) is 0 Å². The van der Waals surface area contributed by atoms with E-state index in [-0.39, 0.29) is 12.5 Å². The Bertz CT molecular complexity index is 477. The second-order valence-corrected chi connectivity index (χ2v) is 3.55. The number of rotatable bonds is 2. The molecule has 1 aromatic rings. The van der Waals surface area contributed by atoms with Gasteiger partial charge < -0.3 is 5.32 Å². The number of alkyl halides is 6. The minimum Gasteiger partial charge on any atom is -0.326 e. The summed E-state index contributed by atoms with van der Waals surface area (Å²) in [6.45, 7) is 3.16. The largest absolute Gasteiger partial charge is 0.418 e. The third-order valence-corrected chi connectivity index (χ3v) is 2.15. The summed E-state index contributed by atoms with van der Waals surface area (Å²) in [7, 11) is 0. The number of nitrogens with one attached hydrogen (secondary N) is 1. The molecule has 0 heterocycles. The summed E-state index contributed by atoms with van der Waals surface area (Å²) in [5.74, 6) is -0.828. The lowest BCUT2D eigenvalue weighted by Gasteiger charge is -2.16. The Labute approximate surface area is 104 Å². The van der Waals surface area contributed by atoms with Gasteiger partial charge >= 0.3 is 12.4 Å². The molecule has 19 heavy (non-hydrogen) atoms. The molecule has 1 N–H and O–H groups in total. The molecule has 0 aromatic heterocycles. The predicted octanol–water partition coefficient (Wildman–Crippen LogP) is 3.89. The highest BCUT2D eigenvalue weighted by molar-refractivity contribution is 5.92. The summed E-state index contributed by atoms with van der Waals surface area (Å²) in [4.78, 5) is 11.0. The van der Waals surface area contributed by atoms with Crippen molar-refractivity contribution in [2.45, 2.75) is 18.8 Å². The average molecular weight is 284 g/mol. The van der Waals surface area contributed by atoms with Crippen LogP contribution in [-0.4, -0.2) is 5.91 Å². The zero-order chi connectivity index (χ0) is 14.8. The molecule has 105 valence electrons. The van der Waals surface area contributed by atoms with E-state index in [1.54, 1.807) is 0 Å². The molecule has 0 bridgehead atoms. The van der Waals surface area contributed by atoms with E-state index in [0.717, 1.165) is 0 Å². The van der Waals surface area contributed by atoms with Crippen LogP contribution in [0.4, 0.5) is 32.0 Å². The number of benzene rings is 1. The van der Waals surface area contributed by atoms with Gasteiger partial charge in [0, 0.05) is 6.42 Å². The lowest BCUT2D eigenvalue weighted by molar-refractivity contribution is -0.142. The molecular formula is C11H8F6NO. The van der Waals surface area contributed by atoms with Crippen LogP contribution < -0.4 is 5.32 Å². The summed E-state index contributed by atoms with van der Waals surface area (Å²) in [6, 6.07) is 0.992. The topological polar surface area (TPSA) is 29.1 Å². The van der Waals surface area contributed by atoms with E-state index in [9.17, 15) is 31.1 Å². The van der Waals surface area contributed by atoms with E-state index >= 15 is 0 Å². The van der Waals surface area contributed by atoms with E-state index in [4.69, 9.17) is 0 Å². The molecule has 0 spiro atoms. The molecule has 1 aromatic carbocycles. The van der Waals surface area contributed by atoms with Crippen LogP contribution in [0.25, 0.3) is 0 Å². The second kappa shape index (κ2) is 5.10. The van der Waals surface area contributed by atoms with E-state index < -0.39 is 35.1 Å². The molecule has 0 atom stereocenters. The Morgan fingerprint density at radius 2 is 1.68 bits per heavy atom. The van der Waals surface area contributed by atoms with Crippen molar-refractivity contribution < 1.29 is 31.1 Å². The Morgan fingerprint density at radius 3 is 2.11 bits per heavy atom. The van der Waals surface area contributed by atoms with E-state index in [1.165, 1.54) is 0 Å². The molecule has 0 saturated carbocycles. The lowest BCUT2D eigenvalue weighted by atomic mass is 10.1. The number of carbonyl (C=O) groups excluding carboxylic acids is 1. The van der Waals surface area contributed by atoms with Gasteiger partial charge in [0.15, 0.2) is 0 Å². The van der Waals surface area contributed by atoms with Gasteiger partial charge in [-0.2, -0.15) is 26.3 Å². The number of hydrogen-bond acceptors (Lipinski definition) is 1. The molecule has 0 unspecified atom stereocenters. The zero-order valence-electron chi connectivity index (χ0n) is 9.32. The summed E-state index contributed by atoms with van der Waals surface area (Å²) >= 11 is 0. The fourth-order valence-electron chi connectivity index (χ4n) is 1.28. The van der Waals surface area contributed by atoms with Crippen molar-refractivity contribution in [2.75, 3.05) is 5.32 Å². The van der Waals surface area contributed by atoms with Crippen LogP contribution in [0.1, 0.15) is 17.5 Å². The van der Waals surface area contributed by atoms with Gasteiger partial charge in [-0.25, -0.2) is 0 Å². The fraction of sp³-hybridized carbons (Fsp3) is 0.273. The van der Waals surface area contributed by atoms with Crippen molar-refractivity contribution in [3.8, 4) is 0 Å². The second-order valence-electron chi connectivity index (χ2n) is 3.55. The van der Waals surface area contributed by atoms with Crippen LogP contribution in [0.15, 0.2) is 18.2 Å². The maximum atomic E-state index is 12.6. The molecular weight excluding hydrogens is 276 g/mol. The Kier molecular flexibility index (Phi) is 4.12. The quantitative estimate of drug-likeness (QED) is 0.820. The fourth-order valence-corrected chi connectivity index (χ4v) is 1.28. The van der Waals surface area contributed by atoms with E-state index in [0.29, 0.717) is 12.1 Å². The van der Waals surface area contributed by atoms with Gasteiger partial charge in [0.25, 0.3) is 0 Å². The van der Waals surface area contributed by atoms with E-state index in [1.807, 2.05) is 5.32 Å². The van der Waals surface area contributed by atoms with Gasteiger partial charge in [0.2, 0.25) is 5.91 Å². The highest BCUT2D eigenvalue weighted by Crippen LogP contribution is 2.39. The molecule has 1 rings (SSSR count). The van der Waals surface area contributed by atoms with Gasteiger partial charge in [-0.05, 0) is 25.1 Å². The molecule has 0 aliphatic rings. The standard InChI is InChI=1S/C11H8F6NO/c1-2-9(19)18-8-4-3-6(10(12,13)14)5-7(8)11(15,16)17/h3-5H,1-2H2,(H,18,19). The van der Waals surface area contributed by atoms with E-state index in [2.05, 4.69) is 6.92 Å². The van der Waals surface area contributed by atoms with Crippen LogP contribution in [0, 0.1) is 6.92 Å². The third-order valence-electron chi connectivity index (χ3n) is 2.15. The molecule has 0 aliphatic heterocycles. The van der Waals surface area contributed by atoms with Crippen LogP contribution in [-0.2, 0) is 17.1 Å². The highest BCUT2D eigenvalue weighted by atomic mass is 19.4. The summed E-state index contributed by atoms with van der Waals surface area (Å²) < 4.78 is 75.0. The summed E-state index contributed by atoms with van der Waals surface area (Å²) in [5.41, 5.74) is -3.72. The zero-order valence-corrected chi connectivity index (χ0v) is 9.32. The first-order chi connectivity index (χ1) is 8.55. The number of anilines is 1. The van der Waals surface area contributed by atoms with Crippen molar-refractivity contribution in [1.29, 1.82) is 0 Å². The summed E-state index contributed by atoms with van der Waals surface area (Å²) in [6.07, 6.45) is -10.2. The normalized spacial score (nSPS) is 12.4. The van der Waals surface area contributed by atoms with Gasteiger partial charge in [0.05, 0.1) is 16.8 Å². The molecule has 0 fully saturated rings. The minimum absolute atomic E-state index is 0.0430. The van der Waals surface area contributed by atoms with Gasteiger partial charge in [-0.3, -0.25) is 4.79 Å². The molecule has 8 heteroatoms. The molecule has 2 nitrogen and oxygen atoms in total. The number of halogens is 6. The number of amides is 1. The first kappa shape index (κ1) is 15.3. The predicted molar refractivity (Wildman–Crippen MR) is 55.0 cm³/mol. The molecule has 0 saturated heterocycles. The molecule has 1 radical (unpaired) electrons. The monoisotopic (exact) mass is 284 g/mol. The maximum Gasteiger partial charge on any atom is 0.418 e. The Balaban J connectivity index is 3.29. The SMILES string of the molecule is [CH2]CC(=O)Nc1ccc(C(F)(F)F)cc1C(F)(F)F. The van der Waals surface area contributed by atoms with Crippen LogP contribution in [0.3, 0.4) is 0 Å². The number of carbonyl (C=O) groups is 1. The van der Waals surface area contributed by atoms with Gasteiger partial charge in [-0.1, -0.05) is 0 Å². The lowest BCUT2D eigenvalue weighted by Crippen LogP contribution is -2.17. The Morgan fingerprint density at radius 1 is 1.11 bits per heavy atom. The smallest absolute Gasteiger partial charge is 0.326 e. The average Bonchev–Trinajstić information content (AvgIpc) is 2.26. The highest BCUT2D eigenvalue weighted by Gasteiger charge is 2.38. The number of hydrogen-bond donors (Lipinski definition) is 1. The summed E-state index contributed by atoms with van der Waals surface area (Å²) in [5, 5.41) is 1.86. The molecule has 1 amide bonds. The van der Waals surface area contributed by atoms with Crippen molar-refractivity contribution in [3.63, 3.8) is 0 Å². The first-order valence-electron chi connectivity index (χ1n) is 4.93. The van der Waals surface area contributed by atoms with Gasteiger partial charge in [-0.15, -0.1) is 0 Å². The van der Waals surface area contributed by atoms with Crippen molar-refractivity contribution >= 4 is 11.6 Å². The van der Waals surface area contributed by atoms with Crippen LogP contribution in [0.2, 0.25) is 0 Å². The van der Waals surface area contributed by atoms with Crippen molar-refractivity contribution in [3.05, 3.63) is 36.2 Å². The minimum atomic E-state index is -5.01.